The van der Waals surface area contributed by atoms with Crippen LogP contribution in [0.5, 0.6) is 0 Å². The van der Waals surface area contributed by atoms with E-state index in [4.69, 9.17) is 0 Å². The molecule has 2 N–H and O–H groups in total. The predicted molar refractivity (Wildman–Crippen MR) is 98.8 cm³/mol. The summed E-state index contributed by atoms with van der Waals surface area (Å²) in [6.45, 7) is 3.63. The van der Waals surface area contributed by atoms with Gasteiger partial charge in [0.15, 0.2) is 0 Å². The fraction of sp³-hybridized carbons (Fsp3) is 0.647. The molecule has 0 spiro atoms. The van der Waals surface area contributed by atoms with Crippen molar-refractivity contribution >= 4 is 21.7 Å². The highest BCUT2D eigenvalue weighted by molar-refractivity contribution is 7.89. The number of pyridine rings is 1. The van der Waals surface area contributed by atoms with Crippen molar-refractivity contribution in [3.63, 3.8) is 0 Å². The summed E-state index contributed by atoms with van der Waals surface area (Å²) in [4.78, 5) is 16.5. The van der Waals surface area contributed by atoms with Crippen molar-refractivity contribution in [2.45, 2.75) is 45.1 Å². The van der Waals surface area contributed by atoms with Gasteiger partial charge in [0.2, 0.25) is 15.9 Å². The molecule has 25 heavy (non-hydrogen) atoms. The molecule has 7 nitrogen and oxygen atoms in total. The van der Waals surface area contributed by atoms with E-state index in [1.807, 2.05) is 25.1 Å². The van der Waals surface area contributed by atoms with Gasteiger partial charge in [-0.1, -0.05) is 13.0 Å². The number of amides is 1. The average molecular weight is 369 g/mol. The fourth-order valence-corrected chi connectivity index (χ4v) is 4.72. The Kier molecular flexibility index (Phi) is 7.64. The second-order valence-corrected chi connectivity index (χ2v) is 8.27. The maximum absolute atomic E-state index is 12.3. The Bertz CT molecular complexity index is 637. The van der Waals surface area contributed by atoms with E-state index in [0.29, 0.717) is 25.9 Å². The van der Waals surface area contributed by atoms with E-state index < -0.39 is 16.1 Å². The standard InChI is InChI=1S/C17H28N4O3S/c1-2-14-25(23,24)21-13-7-8-15(21)17(22)20-12-6-5-11-19-16-9-3-4-10-18-16/h3-4,9-10,15H,2,5-8,11-14H2,1H3,(H,18,19)(H,20,22). The molecule has 1 unspecified atom stereocenters. The number of carbonyl (C=O) groups excluding carboxylic acids is 1. The Morgan fingerprint density at radius 2 is 2.12 bits per heavy atom. The van der Waals surface area contributed by atoms with Gasteiger partial charge in [0.25, 0.3) is 0 Å². The molecule has 0 aromatic carbocycles. The number of nitrogens with zero attached hydrogens (tertiary/aromatic N) is 2. The van der Waals surface area contributed by atoms with Gasteiger partial charge in [-0.15, -0.1) is 0 Å². The molecular weight excluding hydrogens is 340 g/mol. The Morgan fingerprint density at radius 3 is 2.84 bits per heavy atom. The quantitative estimate of drug-likeness (QED) is 0.612. The molecule has 2 heterocycles. The number of sulfonamides is 1. The summed E-state index contributed by atoms with van der Waals surface area (Å²) >= 11 is 0. The van der Waals surface area contributed by atoms with Crippen LogP contribution in [0.25, 0.3) is 0 Å². The molecule has 8 heteroatoms. The van der Waals surface area contributed by atoms with Gasteiger partial charge in [0.1, 0.15) is 11.9 Å². The van der Waals surface area contributed by atoms with Crippen molar-refractivity contribution in [3.05, 3.63) is 24.4 Å². The average Bonchev–Trinajstić information content (AvgIpc) is 3.09. The van der Waals surface area contributed by atoms with Crippen molar-refractivity contribution in [1.82, 2.24) is 14.6 Å². The number of hydrogen-bond acceptors (Lipinski definition) is 5. The third-order valence-electron chi connectivity index (χ3n) is 4.20. The minimum atomic E-state index is -3.32. The maximum atomic E-state index is 12.3. The molecule has 1 aromatic rings. The molecule has 1 fully saturated rings. The van der Waals surface area contributed by atoms with Crippen molar-refractivity contribution in [2.75, 3.05) is 30.7 Å². The van der Waals surface area contributed by atoms with Gasteiger partial charge in [-0.25, -0.2) is 13.4 Å². The van der Waals surface area contributed by atoms with Crippen LogP contribution >= 0.6 is 0 Å². The molecule has 1 atom stereocenters. The highest BCUT2D eigenvalue weighted by atomic mass is 32.2. The molecule has 1 aliphatic rings. The van der Waals surface area contributed by atoms with Gasteiger partial charge in [0.05, 0.1) is 5.75 Å². The summed E-state index contributed by atoms with van der Waals surface area (Å²) in [6, 6.07) is 5.17. The number of nitrogens with one attached hydrogen (secondary N) is 2. The van der Waals surface area contributed by atoms with Gasteiger partial charge >= 0.3 is 0 Å². The summed E-state index contributed by atoms with van der Waals surface area (Å²) in [6.07, 6.45) is 5.39. The van der Waals surface area contributed by atoms with Crippen LogP contribution in [0.1, 0.15) is 39.0 Å². The first-order chi connectivity index (χ1) is 12.0. The van der Waals surface area contributed by atoms with Gasteiger partial charge in [-0.2, -0.15) is 4.31 Å². The molecule has 1 aliphatic heterocycles. The Labute approximate surface area is 150 Å². The summed E-state index contributed by atoms with van der Waals surface area (Å²) in [5.74, 6) is 0.778. The highest BCUT2D eigenvalue weighted by Crippen LogP contribution is 2.22. The van der Waals surface area contributed by atoms with Gasteiger partial charge in [-0.05, 0) is 44.2 Å². The van der Waals surface area contributed by atoms with E-state index in [9.17, 15) is 13.2 Å². The van der Waals surface area contributed by atoms with E-state index in [1.54, 1.807) is 6.20 Å². The third kappa shape index (κ3) is 5.97. The SMILES string of the molecule is CCCS(=O)(=O)N1CCCC1C(=O)NCCCCNc1ccccn1. The van der Waals surface area contributed by atoms with Crippen molar-refractivity contribution in [2.24, 2.45) is 0 Å². The molecule has 0 saturated carbocycles. The van der Waals surface area contributed by atoms with E-state index in [2.05, 4.69) is 15.6 Å². The number of unbranched alkanes of at least 4 members (excludes halogenated alkanes) is 1. The maximum Gasteiger partial charge on any atom is 0.238 e. The highest BCUT2D eigenvalue weighted by Gasteiger charge is 2.37. The number of aromatic nitrogens is 1. The topological polar surface area (TPSA) is 91.4 Å². The summed E-state index contributed by atoms with van der Waals surface area (Å²) in [7, 11) is -3.32. The number of anilines is 1. The molecule has 1 saturated heterocycles. The minimum absolute atomic E-state index is 0.107. The van der Waals surface area contributed by atoms with Gasteiger partial charge in [-0.3, -0.25) is 4.79 Å². The zero-order chi connectivity index (χ0) is 18.1. The van der Waals surface area contributed by atoms with Crippen molar-refractivity contribution < 1.29 is 13.2 Å². The van der Waals surface area contributed by atoms with Crippen LogP contribution in [0.2, 0.25) is 0 Å². The molecule has 0 radical (unpaired) electrons. The number of hydrogen-bond donors (Lipinski definition) is 2. The van der Waals surface area contributed by atoms with Crippen LogP contribution in [-0.2, 0) is 14.8 Å². The molecule has 0 bridgehead atoms. The molecule has 1 aromatic heterocycles. The monoisotopic (exact) mass is 368 g/mol. The first-order valence-corrected chi connectivity index (χ1v) is 10.6. The van der Waals surface area contributed by atoms with Gasteiger partial charge in [0, 0.05) is 25.8 Å². The lowest BCUT2D eigenvalue weighted by atomic mass is 10.2. The zero-order valence-corrected chi connectivity index (χ0v) is 15.6. The van der Waals surface area contributed by atoms with Crippen LogP contribution in [0.3, 0.4) is 0 Å². The van der Waals surface area contributed by atoms with Crippen LogP contribution in [0.4, 0.5) is 5.82 Å². The summed E-state index contributed by atoms with van der Waals surface area (Å²) in [5, 5.41) is 6.10. The fourth-order valence-electron chi connectivity index (χ4n) is 2.97. The van der Waals surface area contributed by atoms with Crippen LogP contribution < -0.4 is 10.6 Å². The van der Waals surface area contributed by atoms with E-state index >= 15 is 0 Å². The smallest absolute Gasteiger partial charge is 0.238 e. The molecule has 1 amide bonds. The first kappa shape index (κ1) is 19.7. The molecule has 2 rings (SSSR count). The van der Waals surface area contributed by atoms with Crippen LogP contribution in [0.15, 0.2) is 24.4 Å². The van der Waals surface area contributed by atoms with Crippen LogP contribution in [-0.4, -0.2) is 55.0 Å². The second-order valence-electron chi connectivity index (χ2n) is 6.22. The van der Waals surface area contributed by atoms with Gasteiger partial charge < -0.3 is 10.6 Å². The predicted octanol–water partition coefficient (Wildman–Crippen LogP) is 1.59. The third-order valence-corrected chi connectivity index (χ3v) is 6.28. The van der Waals surface area contributed by atoms with E-state index in [-0.39, 0.29) is 11.7 Å². The largest absolute Gasteiger partial charge is 0.370 e. The lowest BCUT2D eigenvalue weighted by Gasteiger charge is -2.23. The zero-order valence-electron chi connectivity index (χ0n) is 14.8. The second kappa shape index (κ2) is 9.72. The molecule has 140 valence electrons. The normalized spacial score (nSPS) is 18.2. The number of rotatable bonds is 10. The Morgan fingerprint density at radius 1 is 1.32 bits per heavy atom. The first-order valence-electron chi connectivity index (χ1n) is 8.96. The van der Waals surface area contributed by atoms with E-state index in [1.165, 1.54) is 4.31 Å². The number of carbonyl (C=O) groups is 1. The van der Waals surface area contributed by atoms with E-state index in [0.717, 1.165) is 31.6 Å². The van der Waals surface area contributed by atoms with Crippen molar-refractivity contribution in [1.29, 1.82) is 0 Å². The summed E-state index contributed by atoms with van der Waals surface area (Å²) < 4.78 is 25.8. The summed E-state index contributed by atoms with van der Waals surface area (Å²) in [5.41, 5.74) is 0. The molecular formula is C17H28N4O3S. The Balaban J connectivity index is 1.67. The lowest BCUT2D eigenvalue weighted by molar-refractivity contribution is -0.124. The van der Waals surface area contributed by atoms with Crippen LogP contribution in [0, 0.1) is 0 Å². The lowest BCUT2D eigenvalue weighted by Crippen LogP contribution is -2.46. The molecule has 0 aliphatic carbocycles. The van der Waals surface area contributed by atoms with Crippen molar-refractivity contribution in [3.8, 4) is 0 Å². The minimum Gasteiger partial charge on any atom is -0.370 e. The Hall–Kier alpha value is -1.67.